The molecule has 3 rings (SSSR count). The molecule has 7 heteroatoms. The number of ether oxygens (including phenoxy) is 1. The molecule has 3 N–H and O–H groups in total. The maximum atomic E-state index is 12.4. The van der Waals surface area contributed by atoms with Crippen molar-refractivity contribution >= 4 is 23.5 Å². The highest BCUT2D eigenvalue weighted by Gasteiger charge is 2.31. The molecule has 0 saturated carbocycles. The van der Waals surface area contributed by atoms with Crippen LogP contribution in [0.2, 0.25) is 0 Å². The molecule has 0 saturated heterocycles. The molecule has 2 aromatic rings. The van der Waals surface area contributed by atoms with E-state index in [2.05, 4.69) is 10.6 Å². The Balaban J connectivity index is 1.71. The van der Waals surface area contributed by atoms with Crippen molar-refractivity contribution in [3.63, 3.8) is 0 Å². The van der Waals surface area contributed by atoms with E-state index in [0.717, 1.165) is 11.1 Å². The van der Waals surface area contributed by atoms with E-state index in [-0.39, 0.29) is 6.42 Å². The fraction of sp³-hybridized carbons (Fsp3) is 0.250. The zero-order chi connectivity index (χ0) is 19.6. The summed E-state index contributed by atoms with van der Waals surface area (Å²) < 4.78 is 5.58. The van der Waals surface area contributed by atoms with Gasteiger partial charge >= 0.3 is 5.97 Å². The van der Waals surface area contributed by atoms with Crippen molar-refractivity contribution in [1.82, 2.24) is 5.32 Å². The summed E-state index contributed by atoms with van der Waals surface area (Å²) >= 11 is 0. The quantitative estimate of drug-likeness (QED) is 0.751. The van der Waals surface area contributed by atoms with Crippen LogP contribution >= 0.6 is 0 Å². The predicted molar refractivity (Wildman–Crippen MR) is 98.5 cm³/mol. The molecule has 2 atom stereocenters. The van der Waals surface area contributed by atoms with Crippen molar-refractivity contribution in [2.24, 2.45) is 0 Å². The van der Waals surface area contributed by atoms with Crippen molar-refractivity contribution in [3.05, 3.63) is 59.2 Å². The van der Waals surface area contributed by atoms with E-state index in [0.29, 0.717) is 17.0 Å². The third-order valence-corrected chi connectivity index (χ3v) is 4.49. The Morgan fingerprint density at radius 3 is 2.63 bits per heavy atom. The second kappa shape index (κ2) is 7.49. The van der Waals surface area contributed by atoms with Gasteiger partial charge in [0.05, 0.1) is 12.1 Å². The van der Waals surface area contributed by atoms with Crippen LogP contribution in [0.3, 0.4) is 0 Å². The average molecular weight is 368 g/mol. The SMILES string of the molecule is Cc1ccc(C(NC(=O)CC2Oc3ccccc3NC2=O)C(=O)O)cc1C. The van der Waals surface area contributed by atoms with Crippen molar-refractivity contribution in [2.75, 3.05) is 5.32 Å². The molecule has 1 heterocycles. The Bertz CT molecular complexity index is 909. The van der Waals surface area contributed by atoms with E-state index in [1.807, 2.05) is 13.8 Å². The zero-order valence-electron chi connectivity index (χ0n) is 15.0. The molecule has 2 unspecified atom stereocenters. The molecule has 0 aliphatic carbocycles. The Morgan fingerprint density at radius 2 is 1.93 bits per heavy atom. The van der Waals surface area contributed by atoms with Gasteiger partial charge in [0.2, 0.25) is 5.91 Å². The molecular weight excluding hydrogens is 348 g/mol. The number of para-hydroxylation sites is 2. The highest BCUT2D eigenvalue weighted by atomic mass is 16.5. The number of hydrogen-bond donors (Lipinski definition) is 3. The predicted octanol–water partition coefficient (Wildman–Crippen LogP) is 2.34. The molecule has 27 heavy (non-hydrogen) atoms. The van der Waals surface area contributed by atoms with Crippen molar-refractivity contribution in [1.29, 1.82) is 0 Å². The van der Waals surface area contributed by atoms with Gasteiger partial charge in [0.15, 0.2) is 12.1 Å². The minimum Gasteiger partial charge on any atom is -0.479 e. The second-order valence-corrected chi connectivity index (χ2v) is 6.48. The zero-order valence-corrected chi connectivity index (χ0v) is 15.0. The van der Waals surface area contributed by atoms with Crippen LogP contribution in [0.1, 0.15) is 29.2 Å². The number of carbonyl (C=O) groups is 3. The van der Waals surface area contributed by atoms with Crippen LogP contribution in [-0.2, 0) is 14.4 Å². The summed E-state index contributed by atoms with van der Waals surface area (Å²) in [5.41, 5.74) is 2.97. The number of anilines is 1. The van der Waals surface area contributed by atoms with Crippen LogP contribution in [0, 0.1) is 13.8 Å². The first-order valence-corrected chi connectivity index (χ1v) is 8.51. The Morgan fingerprint density at radius 1 is 1.19 bits per heavy atom. The smallest absolute Gasteiger partial charge is 0.330 e. The average Bonchev–Trinajstić information content (AvgIpc) is 2.62. The number of amides is 2. The summed E-state index contributed by atoms with van der Waals surface area (Å²) in [7, 11) is 0. The lowest BCUT2D eigenvalue weighted by molar-refractivity contribution is -0.142. The number of benzene rings is 2. The molecule has 0 aromatic heterocycles. The van der Waals surface area contributed by atoms with Gasteiger partial charge in [-0.05, 0) is 42.7 Å². The molecule has 1 aliphatic rings. The summed E-state index contributed by atoms with van der Waals surface area (Å²) in [4.78, 5) is 36.1. The first-order chi connectivity index (χ1) is 12.8. The molecule has 0 fully saturated rings. The van der Waals surface area contributed by atoms with Gasteiger partial charge in [-0.1, -0.05) is 30.3 Å². The van der Waals surface area contributed by atoms with E-state index >= 15 is 0 Å². The fourth-order valence-corrected chi connectivity index (χ4v) is 2.85. The van der Waals surface area contributed by atoms with Crippen LogP contribution < -0.4 is 15.4 Å². The normalized spacial score (nSPS) is 16.5. The minimum atomic E-state index is -1.20. The first-order valence-electron chi connectivity index (χ1n) is 8.51. The maximum Gasteiger partial charge on any atom is 0.330 e. The number of rotatable bonds is 5. The summed E-state index contributed by atoms with van der Waals surface area (Å²) in [6, 6.07) is 10.9. The Kier molecular flexibility index (Phi) is 5.12. The summed E-state index contributed by atoms with van der Waals surface area (Å²) in [5.74, 6) is -1.73. The Labute approximate surface area is 156 Å². The largest absolute Gasteiger partial charge is 0.479 e. The first kappa shape index (κ1) is 18.4. The molecule has 0 bridgehead atoms. The highest BCUT2D eigenvalue weighted by Crippen LogP contribution is 2.29. The van der Waals surface area contributed by atoms with Gasteiger partial charge < -0.3 is 20.5 Å². The van der Waals surface area contributed by atoms with E-state index in [1.165, 1.54) is 0 Å². The topological polar surface area (TPSA) is 105 Å². The van der Waals surface area contributed by atoms with Crippen molar-refractivity contribution in [2.45, 2.75) is 32.4 Å². The van der Waals surface area contributed by atoms with Crippen LogP contribution in [0.15, 0.2) is 42.5 Å². The van der Waals surface area contributed by atoms with Gasteiger partial charge in [0.1, 0.15) is 5.75 Å². The third kappa shape index (κ3) is 4.08. The molecule has 2 amide bonds. The lowest BCUT2D eigenvalue weighted by Crippen LogP contribution is -2.42. The summed E-state index contributed by atoms with van der Waals surface area (Å²) in [6.07, 6.45) is -1.30. The van der Waals surface area contributed by atoms with Crippen molar-refractivity contribution < 1.29 is 24.2 Å². The van der Waals surface area contributed by atoms with E-state index in [9.17, 15) is 19.5 Å². The van der Waals surface area contributed by atoms with Gasteiger partial charge in [-0.25, -0.2) is 4.79 Å². The van der Waals surface area contributed by atoms with Gasteiger partial charge in [-0.2, -0.15) is 0 Å². The highest BCUT2D eigenvalue weighted by molar-refractivity contribution is 6.00. The van der Waals surface area contributed by atoms with Gasteiger partial charge in [0, 0.05) is 0 Å². The van der Waals surface area contributed by atoms with E-state index in [1.54, 1.807) is 42.5 Å². The van der Waals surface area contributed by atoms with Gasteiger partial charge in [-0.3, -0.25) is 9.59 Å². The molecule has 0 spiro atoms. The number of nitrogens with one attached hydrogen (secondary N) is 2. The lowest BCUT2D eigenvalue weighted by Gasteiger charge is -2.26. The molecule has 140 valence electrons. The lowest BCUT2D eigenvalue weighted by atomic mass is 10.0. The number of hydrogen-bond acceptors (Lipinski definition) is 4. The molecule has 2 aromatic carbocycles. The number of aryl methyl sites for hydroxylation is 2. The molecule has 1 aliphatic heterocycles. The van der Waals surface area contributed by atoms with Crippen molar-refractivity contribution in [3.8, 4) is 5.75 Å². The minimum absolute atomic E-state index is 0.283. The van der Waals surface area contributed by atoms with Gasteiger partial charge in [-0.15, -0.1) is 0 Å². The number of aliphatic carboxylic acids is 1. The summed E-state index contributed by atoms with van der Waals surface area (Å²) in [5, 5.41) is 14.6. The van der Waals surface area contributed by atoms with Gasteiger partial charge in [0.25, 0.3) is 5.91 Å². The second-order valence-electron chi connectivity index (χ2n) is 6.48. The van der Waals surface area contributed by atoms with Crippen LogP contribution in [0.25, 0.3) is 0 Å². The number of carboxylic acids is 1. The van der Waals surface area contributed by atoms with Crippen LogP contribution in [0.4, 0.5) is 5.69 Å². The fourth-order valence-electron chi connectivity index (χ4n) is 2.85. The maximum absolute atomic E-state index is 12.4. The molecule has 0 radical (unpaired) electrons. The summed E-state index contributed by atoms with van der Waals surface area (Å²) in [6.45, 7) is 3.79. The standard InChI is InChI=1S/C20H20N2O5/c1-11-7-8-13(9-12(11)2)18(20(25)26)22-17(23)10-16-19(24)21-14-5-3-4-6-15(14)27-16/h3-9,16,18H,10H2,1-2H3,(H,21,24)(H,22,23)(H,25,26). The number of carboxylic acid groups (broad SMARTS) is 1. The number of fused-ring (bicyclic) bond motifs is 1. The Hall–Kier alpha value is -3.35. The molecule has 7 nitrogen and oxygen atoms in total. The van der Waals surface area contributed by atoms with E-state index < -0.39 is 29.9 Å². The van der Waals surface area contributed by atoms with E-state index in [4.69, 9.17) is 4.74 Å². The third-order valence-electron chi connectivity index (χ3n) is 4.49. The van der Waals surface area contributed by atoms with Crippen LogP contribution in [0.5, 0.6) is 5.75 Å². The molecular formula is C20H20N2O5. The monoisotopic (exact) mass is 368 g/mol. The van der Waals surface area contributed by atoms with Crippen LogP contribution in [-0.4, -0.2) is 29.0 Å². The number of carbonyl (C=O) groups excluding carboxylic acids is 2.